The van der Waals surface area contributed by atoms with Crippen LogP contribution in [0.5, 0.6) is 0 Å². The molecule has 4 heterocycles. The van der Waals surface area contributed by atoms with Gasteiger partial charge in [-0.2, -0.15) is 0 Å². The zero-order chi connectivity index (χ0) is 15.4. The van der Waals surface area contributed by atoms with Gasteiger partial charge in [0.2, 0.25) is 5.91 Å². The predicted molar refractivity (Wildman–Crippen MR) is 82.5 cm³/mol. The number of cyclic esters (lactones) is 1. The fraction of sp³-hybridized carbons (Fsp3) is 0.765. The van der Waals surface area contributed by atoms with Crippen molar-refractivity contribution in [3.8, 4) is 0 Å². The lowest BCUT2D eigenvalue weighted by Crippen LogP contribution is -2.42. The van der Waals surface area contributed by atoms with Gasteiger partial charge in [0, 0.05) is 30.5 Å². The molecular weight excluding hydrogens is 298 g/mol. The summed E-state index contributed by atoms with van der Waals surface area (Å²) < 4.78 is 11.8. The molecule has 128 valence electrons. The third kappa shape index (κ3) is 2.48. The number of hydrogen-bond donors (Lipinski definition) is 0. The summed E-state index contributed by atoms with van der Waals surface area (Å²) in [6.45, 7) is 4.85. The lowest BCUT2D eigenvalue weighted by molar-refractivity contribution is -0.146. The Balaban J connectivity index is 0.00000156. The van der Waals surface area contributed by atoms with Crippen LogP contribution in [0.1, 0.15) is 39.5 Å². The maximum Gasteiger partial charge on any atom is 0.334 e. The molecule has 6 atom stereocenters. The van der Waals surface area contributed by atoms with E-state index in [4.69, 9.17) is 9.47 Å². The van der Waals surface area contributed by atoms with Gasteiger partial charge in [-0.1, -0.05) is 6.92 Å². The van der Waals surface area contributed by atoms with Crippen molar-refractivity contribution in [1.82, 2.24) is 4.90 Å². The first-order chi connectivity index (χ1) is 10.6. The molecule has 0 aliphatic carbocycles. The number of amides is 1. The molecule has 0 aromatic carbocycles. The van der Waals surface area contributed by atoms with Crippen LogP contribution in [-0.4, -0.2) is 53.2 Å². The van der Waals surface area contributed by atoms with E-state index in [1.165, 1.54) is 0 Å². The van der Waals surface area contributed by atoms with Gasteiger partial charge in [0.25, 0.3) is 0 Å². The number of ether oxygens (including phenoxy) is 2. The summed E-state index contributed by atoms with van der Waals surface area (Å²) in [6.07, 6.45) is 5.35. The fourth-order valence-corrected chi connectivity index (χ4v) is 4.85. The molecule has 0 bridgehead atoms. The molecule has 0 saturated carbocycles. The highest BCUT2D eigenvalue weighted by Gasteiger charge is 2.53. The minimum absolute atomic E-state index is 0. The van der Waals surface area contributed by atoms with E-state index in [1.807, 2.05) is 6.08 Å². The summed E-state index contributed by atoms with van der Waals surface area (Å²) in [7, 11) is 0. The van der Waals surface area contributed by atoms with Crippen molar-refractivity contribution in [3.05, 3.63) is 11.6 Å². The molecule has 6 heteroatoms. The van der Waals surface area contributed by atoms with Crippen molar-refractivity contribution in [1.29, 1.82) is 0 Å². The second-order valence-corrected chi connectivity index (χ2v) is 7.13. The molecule has 0 aromatic rings. The Morgan fingerprint density at radius 3 is 2.74 bits per heavy atom. The third-order valence-corrected chi connectivity index (χ3v) is 5.90. The molecule has 3 saturated heterocycles. The van der Waals surface area contributed by atoms with Crippen LogP contribution in [0.3, 0.4) is 0 Å². The van der Waals surface area contributed by atoms with Crippen molar-refractivity contribution in [3.63, 3.8) is 0 Å². The Morgan fingerprint density at radius 2 is 2.04 bits per heavy atom. The van der Waals surface area contributed by atoms with E-state index < -0.39 is 0 Å². The third-order valence-electron chi connectivity index (χ3n) is 5.90. The van der Waals surface area contributed by atoms with Crippen LogP contribution in [0, 0.1) is 11.8 Å². The zero-order valence-corrected chi connectivity index (χ0v) is 13.7. The van der Waals surface area contributed by atoms with Gasteiger partial charge in [-0.25, -0.2) is 4.79 Å². The lowest BCUT2D eigenvalue weighted by atomic mass is 9.80. The Hall–Kier alpha value is -1.40. The smallest absolute Gasteiger partial charge is 0.334 e. The second kappa shape index (κ2) is 5.91. The van der Waals surface area contributed by atoms with Crippen LogP contribution in [0.2, 0.25) is 0 Å². The van der Waals surface area contributed by atoms with E-state index in [0.29, 0.717) is 35.8 Å². The van der Waals surface area contributed by atoms with Crippen molar-refractivity contribution in [2.75, 3.05) is 6.54 Å². The zero-order valence-electron chi connectivity index (χ0n) is 13.7. The van der Waals surface area contributed by atoms with Gasteiger partial charge in [0.05, 0.1) is 6.10 Å². The standard InChI is InChI=1S/C17H23NO4.H2O/c1-9-8-13(22-17(9)20)16-10(2)15-11-5-6-14(19)18(11)7-3-4-12(15)21-16;/h8,10-13,15-16H,3-7H2,1-2H3;1H2/t10-,11-,12+,13+,15+,16+;/m0./s1. The normalized spacial score (nSPS) is 42.5. The molecule has 4 rings (SSSR count). The van der Waals surface area contributed by atoms with E-state index in [2.05, 4.69) is 11.8 Å². The number of hydrogen-bond acceptors (Lipinski definition) is 4. The maximum absolute atomic E-state index is 12.1. The van der Waals surface area contributed by atoms with Gasteiger partial charge >= 0.3 is 5.97 Å². The van der Waals surface area contributed by atoms with Crippen LogP contribution >= 0.6 is 0 Å². The van der Waals surface area contributed by atoms with Crippen molar-refractivity contribution in [2.45, 2.75) is 63.9 Å². The van der Waals surface area contributed by atoms with Crippen molar-refractivity contribution < 1.29 is 24.5 Å². The number of rotatable bonds is 1. The molecule has 0 radical (unpaired) electrons. The quantitative estimate of drug-likeness (QED) is 0.669. The van der Waals surface area contributed by atoms with E-state index in [-0.39, 0.29) is 29.8 Å². The first-order valence-electron chi connectivity index (χ1n) is 8.40. The van der Waals surface area contributed by atoms with Gasteiger partial charge in [-0.05, 0) is 38.2 Å². The Kier molecular flexibility index (Phi) is 4.23. The highest BCUT2D eigenvalue weighted by Crippen LogP contribution is 2.45. The number of fused-ring (bicyclic) bond motifs is 3. The topological polar surface area (TPSA) is 87.3 Å². The van der Waals surface area contributed by atoms with Crippen molar-refractivity contribution >= 4 is 11.9 Å². The van der Waals surface area contributed by atoms with Gasteiger partial charge in [0.1, 0.15) is 12.2 Å². The van der Waals surface area contributed by atoms with Gasteiger partial charge in [-0.3, -0.25) is 4.79 Å². The van der Waals surface area contributed by atoms with E-state index in [0.717, 1.165) is 25.8 Å². The Labute approximate surface area is 136 Å². The average molecular weight is 323 g/mol. The summed E-state index contributed by atoms with van der Waals surface area (Å²) in [4.78, 5) is 25.8. The van der Waals surface area contributed by atoms with Crippen LogP contribution in [0.4, 0.5) is 0 Å². The summed E-state index contributed by atoms with van der Waals surface area (Å²) >= 11 is 0. The highest BCUT2D eigenvalue weighted by molar-refractivity contribution is 5.90. The summed E-state index contributed by atoms with van der Waals surface area (Å²) in [6, 6.07) is 0.308. The minimum Gasteiger partial charge on any atom is -0.452 e. The van der Waals surface area contributed by atoms with E-state index in [9.17, 15) is 9.59 Å². The van der Waals surface area contributed by atoms with E-state index >= 15 is 0 Å². The van der Waals surface area contributed by atoms with Crippen LogP contribution in [0.25, 0.3) is 0 Å². The van der Waals surface area contributed by atoms with Crippen molar-refractivity contribution in [2.24, 2.45) is 11.8 Å². The van der Waals surface area contributed by atoms with Gasteiger partial charge in [0.15, 0.2) is 0 Å². The highest BCUT2D eigenvalue weighted by atomic mass is 16.6. The fourth-order valence-electron chi connectivity index (χ4n) is 4.85. The second-order valence-electron chi connectivity index (χ2n) is 7.13. The largest absolute Gasteiger partial charge is 0.452 e. The molecule has 4 aliphatic heterocycles. The Bertz CT molecular complexity index is 545. The monoisotopic (exact) mass is 323 g/mol. The molecular formula is C17H25NO5. The van der Waals surface area contributed by atoms with Gasteiger partial charge < -0.3 is 19.8 Å². The molecule has 6 nitrogen and oxygen atoms in total. The number of carbonyl (C=O) groups is 2. The molecule has 0 unspecified atom stereocenters. The molecule has 0 spiro atoms. The SMILES string of the molecule is CC1=C[C@H]([C@@H]2O[C@@H]3CCCN4C(=O)CC[C@H]4[C@H]3[C@@H]2C)OC1=O.O. The molecule has 3 fully saturated rings. The average Bonchev–Trinajstić information content (AvgIpc) is 3.05. The molecule has 2 N–H and O–H groups in total. The minimum atomic E-state index is -0.264. The van der Waals surface area contributed by atoms with Crippen LogP contribution in [0.15, 0.2) is 11.6 Å². The molecule has 1 amide bonds. The number of carbonyl (C=O) groups excluding carboxylic acids is 2. The maximum atomic E-state index is 12.1. The number of nitrogens with zero attached hydrogens (tertiary/aromatic N) is 1. The number of esters is 1. The van der Waals surface area contributed by atoms with Crippen LogP contribution in [-0.2, 0) is 19.1 Å². The molecule has 4 aliphatic rings. The predicted octanol–water partition coefficient (Wildman–Crippen LogP) is 0.838. The first kappa shape index (κ1) is 16.5. The molecule has 23 heavy (non-hydrogen) atoms. The first-order valence-corrected chi connectivity index (χ1v) is 8.40. The Morgan fingerprint density at radius 1 is 1.26 bits per heavy atom. The van der Waals surface area contributed by atoms with E-state index in [1.54, 1.807) is 6.92 Å². The summed E-state index contributed by atoms with van der Waals surface area (Å²) in [5.41, 5.74) is 0.672. The summed E-state index contributed by atoms with van der Waals surface area (Å²) in [5.74, 6) is 0.725. The van der Waals surface area contributed by atoms with Crippen LogP contribution < -0.4 is 0 Å². The summed E-state index contributed by atoms with van der Waals surface area (Å²) in [5, 5.41) is 0. The molecule has 0 aromatic heterocycles. The lowest BCUT2D eigenvalue weighted by Gasteiger charge is -2.31. The van der Waals surface area contributed by atoms with Gasteiger partial charge in [-0.15, -0.1) is 0 Å².